The van der Waals surface area contributed by atoms with Crippen molar-refractivity contribution in [3.8, 4) is 0 Å². The number of carbonyl (C=O) groups is 3. The zero-order valence-corrected chi connectivity index (χ0v) is 23.6. The number of nitrogens with zero attached hydrogens (tertiary/aromatic N) is 3. The van der Waals surface area contributed by atoms with E-state index in [2.05, 4.69) is 61.0 Å². The summed E-state index contributed by atoms with van der Waals surface area (Å²) in [6, 6.07) is 11.0. The summed E-state index contributed by atoms with van der Waals surface area (Å²) in [6.45, 7) is 7.41. The molecule has 3 aliphatic rings. The summed E-state index contributed by atoms with van der Waals surface area (Å²) in [5, 5.41) is 16.3. The van der Waals surface area contributed by atoms with Crippen LogP contribution in [0.25, 0.3) is 0 Å². The maximum absolute atomic E-state index is 13.4. The quantitative estimate of drug-likeness (QED) is 0.412. The fraction of sp³-hybridized carbons (Fsp3) is 0.690. The van der Waals surface area contributed by atoms with E-state index in [4.69, 9.17) is 9.90 Å². The molecular weight excluding hydrogens is 527 g/mol. The molecule has 1 aromatic rings. The van der Waals surface area contributed by atoms with Crippen molar-refractivity contribution in [2.75, 3.05) is 33.2 Å². The van der Waals surface area contributed by atoms with Gasteiger partial charge in [0, 0.05) is 31.7 Å². The third-order valence-corrected chi connectivity index (χ3v) is 8.75. The Hall–Kier alpha value is -2.82. The molecule has 8 nitrogen and oxygen atoms in total. The highest BCUT2D eigenvalue weighted by Crippen LogP contribution is 2.50. The van der Waals surface area contributed by atoms with E-state index < -0.39 is 18.1 Å². The second kappa shape index (κ2) is 12.8. The molecule has 2 amide bonds. The van der Waals surface area contributed by atoms with Crippen molar-refractivity contribution in [2.24, 2.45) is 11.8 Å². The molecule has 3 fully saturated rings. The van der Waals surface area contributed by atoms with E-state index in [-0.39, 0.29) is 23.5 Å². The van der Waals surface area contributed by atoms with Crippen LogP contribution < -0.4 is 0 Å². The van der Waals surface area contributed by atoms with Crippen LogP contribution in [0, 0.1) is 11.8 Å². The van der Waals surface area contributed by atoms with Crippen LogP contribution in [0.5, 0.6) is 0 Å². The van der Waals surface area contributed by atoms with Gasteiger partial charge in [0.25, 0.3) is 0 Å². The molecule has 0 unspecified atom stereocenters. The minimum absolute atomic E-state index is 0.0174. The SMILES string of the molecule is CC(C)CN(C)C1(c2ccccc2)CCC2(CC1)CN(CCC(=O)O)C(=O)N2CC1CCC1.O=C(O)C(F)(F)F. The summed E-state index contributed by atoms with van der Waals surface area (Å²) >= 11 is 0. The highest BCUT2D eigenvalue weighted by Gasteiger charge is 2.55. The van der Waals surface area contributed by atoms with Gasteiger partial charge >= 0.3 is 24.1 Å². The minimum Gasteiger partial charge on any atom is -0.481 e. The molecule has 4 rings (SSSR count). The highest BCUT2D eigenvalue weighted by atomic mass is 19.4. The van der Waals surface area contributed by atoms with E-state index in [1.165, 1.54) is 24.8 Å². The molecule has 0 aromatic heterocycles. The van der Waals surface area contributed by atoms with Crippen LogP contribution in [-0.2, 0) is 15.1 Å². The smallest absolute Gasteiger partial charge is 0.481 e. The van der Waals surface area contributed by atoms with Gasteiger partial charge in [-0.25, -0.2) is 9.59 Å². The second-order valence-corrected chi connectivity index (χ2v) is 12.0. The molecule has 11 heteroatoms. The number of benzene rings is 1. The molecular formula is C29H42F3N3O5. The van der Waals surface area contributed by atoms with Gasteiger partial charge in [-0.3, -0.25) is 9.69 Å². The Kier molecular flexibility index (Phi) is 10.1. The summed E-state index contributed by atoms with van der Waals surface area (Å²) in [4.78, 5) is 40.0. The van der Waals surface area contributed by atoms with Crippen LogP contribution >= 0.6 is 0 Å². The van der Waals surface area contributed by atoms with E-state index in [1.807, 2.05) is 4.90 Å². The first-order chi connectivity index (χ1) is 18.7. The Morgan fingerprint density at radius 1 is 1.07 bits per heavy atom. The van der Waals surface area contributed by atoms with Crippen molar-refractivity contribution in [1.82, 2.24) is 14.7 Å². The predicted octanol–water partition coefficient (Wildman–Crippen LogP) is 5.43. The van der Waals surface area contributed by atoms with Gasteiger partial charge in [-0.05, 0) is 63.0 Å². The maximum atomic E-state index is 13.4. The van der Waals surface area contributed by atoms with Crippen LogP contribution in [0.1, 0.15) is 70.8 Å². The second-order valence-electron chi connectivity index (χ2n) is 12.0. The van der Waals surface area contributed by atoms with Gasteiger partial charge in [0.2, 0.25) is 0 Å². The van der Waals surface area contributed by atoms with Gasteiger partial charge in [-0.15, -0.1) is 0 Å². The Morgan fingerprint density at radius 2 is 1.65 bits per heavy atom. The van der Waals surface area contributed by atoms with Crippen molar-refractivity contribution in [1.29, 1.82) is 0 Å². The largest absolute Gasteiger partial charge is 0.490 e. The van der Waals surface area contributed by atoms with E-state index >= 15 is 0 Å². The van der Waals surface area contributed by atoms with E-state index in [0.29, 0.717) is 24.9 Å². The fourth-order valence-electron chi connectivity index (χ4n) is 6.41. The fourth-order valence-corrected chi connectivity index (χ4v) is 6.41. The number of alkyl halides is 3. The lowest BCUT2D eigenvalue weighted by molar-refractivity contribution is -0.192. The average molecular weight is 570 g/mol. The summed E-state index contributed by atoms with van der Waals surface area (Å²) in [7, 11) is 2.26. The van der Waals surface area contributed by atoms with Crippen molar-refractivity contribution in [3.05, 3.63) is 35.9 Å². The summed E-state index contributed by atoms with van der Waals surface area (Å²) in [5.41, 5.74) is 1.19. The molecule has 40 heavy (non-hydrogen) atoms. The first-order valence-electron chi connectivity index (χ1n) is 14.1. The van der Waals surface area contributed by atoms with Gasteiger partial charge in [-0.1, -0.05) is 50.6 Å². The van der Waals surface area contributed by atoms with Gasteiger partial charge in [0.15, 0.2) is 0 Å². The lowest BCUT2D eigenvalue weighted by atomic mass is 9.67. The number of rotatable bonds is 9. The maximum Gasteiger partial charge on any atom is 0.490 e. The van der Waals surface area contributed by atoms with Gasteiger partial charge in [0.1, 0.15) is 0 Å². The van der Waals surface area contributed by atoms with Gasteiger partial charge < -0.3 is 20.0 Å². The number of aliphatic carboxylic acids is 2. The van der Waals surface area contributed by atoms with E-state index in [9.17, 15) is 27.9 Å². The summed E-state index contributed by atoms with van der Waals surface area (Å²) < 4.78 is 31.7. The molecule has 0 bridgehead atoms. The van der Waals surface area contributed by atoms with Crippen LogP contribution in [0.4, 0.5) is 18.0 Å². The zero-order chi connectivity index (χ0) is 29.7. The Bertz CT molecular complexity index is 1020. The van der Waals surface area contributed by atoms with Crippen molar-refractivity contribution in [3.63, 3.8) is 0 Å². The number of urea groups is 1. The molecule has 1 heterocycles. The third-order valence-electron chi connectivity index (χ3n) is 8.75. The highest BCUT2D eigenvalue weighted by molar-refractivity contribution is 5.79. The standard InChI is InChI=1S/C27H41N3O3.C2HF3O2/c1-21(2)18-28(3)27(23-10-5-4-6-11-23)15-13-26(14-16-27)20-29(17-12-24(31)32)25(33)30(26)19-22-8-7-9-22;3-2(4,5)1(6)7/h4-6,10-11,21-22H,7-9,12-20H2,1-3H3,(H,31,32);(H,6,7). The summed E-state index contributed by atoms with van der Waals surface area (Å²) in [6.07, 6.45) is 2.57. The molecule has 1 aliphatic heterocycles. The molecule has 2 saturated carbocycles. The molecule has 2 N–H and O–H groups in total. The first-order valence-corrected chi connectivity index (χ1v) is 14.1. The number of carboxylic acids is 2. The van der Waals surface area contributed by atoms with Gasteiger partial charge in [-0.2, -0.15) is 13.2 Å². The van der Waals surface area contributed by atoms with Crippen LogP contribution in [0.3, 0.4) is 0 Å². The molecule has 1 spiro atoms. The third kappa shape index (κ3) is 7.27. The molecule has 0 radical (unpaired) electrons. The monoisotopic (exact) mass is 569 g/mol. The minimum atomic E-state index is -5.08. The Morgan fingerprint density at radius 3 is 2.10 bits per heavy atom. The average Bonchev–Trinajstić information content (AvgIpc) is 3.10. The van der Waals surface area contributed by atoms with Crippen LogP contribution in [0.2, 0.25) is 0 Å². The number of halogens is 3. The number of hydrogen-bond acceptors (Lipinski definition) is 4. The Labute approximate surface area is 234 Å². The van der Waals surface area contributed by atoms with E-state index in [1.54, 1.807) is 0 Å². The van der Waals surface area contributed by atoms with Crippen molar-refractivity contribution in [2.45, 2.75) is 82.5 Å². The van der Waals surface area contributed by atoms with Gasteiger partial charge in [0.05, 0.1) is 12.0 Å². The van der Waals surface area contributed by atoms with Crippen LogP contribution in [-0.4, -0.2) is 87.8 Å². The van der Waals surface area contributed by atoms with Crippen molar-refractivity contribution >= 4 is 18.0 Å². The number of amides is 2. The zero-order valence-electron chi connectivity index (χ0n) is 23.6. The van der Waals surface area contributed by atoms with Crippen LogP contribution in [0.15, 0.2) is 30.3 Å². The molecule has 1 saturated heterocycles. The van der Waals surface area contributed by atoms with E-state index in [0.717, 1.165) is 38.8 Å². The lowest BCUT2D eigenvalue weighted by Gasteiger charge is -2.52. The normalized spacial score (nSPS) is 25.2. The Balaban J connectivity index is 0.000000559. The summed E-state index contributed by atoms with van der Waals surface area (Å²) in [5.74, 6) is -2.40. The lowest BCUT2D eigenvalue weighted by Crippen LogP contribution is -2.57. The van der Waals surface area contributed by atoms with Crippen molar-refractivity contribution < 1.29 is 37.8 Å². The molecule has 2 aliphatic carbocycles. The molecule has 224 valence electrons. The topological polar surface area (TPSA) is 101 Å². The number of carboxylic acid groups (broad SMARTS) is 2. The number of hydrogen-bond donors (Lipinski definition) is 2. The first kappa shape index (κ1) is 31.7. The number of carbonyl (C=O) groups excluding carboxylic acids is 1. The molecule has 1 aromatic carbocycles. The molecule has 0 atom stereocenters. The predicted molar refractivity (Wildman–Crippen MR) is 144 cm³/mol.